The lowest BCUT2D eigenvalue weighted by molar-refractivity contribution is 0.299. The summed E-state index contributed by atoms with van der Waals surface area (Å²) in [5.41, 5.74) is 22.2. The zero-order chi connectivity index (χ0) is 71.9. The van der Waals surface area contributed by atoms with Crippen LogP contribution in [0.15, 0.2) is 159 Å². The number of fused-ring (bicyclic) bond motifs is 12. The Balaban J connectivity index is 1.34. The molecule has 10 rings (SSSR count). The maximum Gasteiger partial charge on any atom is 0.126 e. The smallest absolute Gasteiger partial charge is 0.126 e. The minimum atomic E-state index is -0.231. The molecular weight excluding hydrogens is 1420 g/mol. The minimum absolute atomic E-state index is 0.225. The van der Waals surface area contributed by atoms with Crippen molar-refractivity contribution in [3.05, 3.63) is 276 Å². The molecule has 0 saturated heterocycles. The van der Waals surface area contributed by atoms with E-state index in [0.717, 1.165) is 131 Å². The van der Waals surface area contributed by atoms with Crippen LogP contribution in [0.2, 0.25) is 0 Å². The number of halogens is 3. The van der Waals surface area contributed by atoms with Crippen LogP contribution >= 0.6 is 47.8 Å². The highest BCUT2D eigenvalue weighted by molar-refractivity contribution is 9.11. The molecule has 9 heteroatoms. The molecular formula is C90H105Br3O6. The predicted molar refractivity (Wildman–Crippen MR) is 423 cm³/mol. The number of benzene rings is 9. The molecule has 522 valence electrons. The zero-order valence-corrected chi connectivity index (χ0v) is 67.6. The molecule has 0 amide bonds. The van der Waals surface area contributed by atoms with Gasteiger partial charge in [-0.25, -0.2) is 0 Å². The van der Waals surface area contributed by atoms with E-state index in [1.54, 1.807) is 0 Å². The molecule has 0 spiro atoms. The van der Waals surface area contributed by atoms with E-state index in [4.69, 9.17) is 28.4 Å². The van der Waals surface area contributed by atoms with Crippen LogP contribution in [0, 0.1) is 0 Å². The first-order valence-electron chi connectivity index (χ1n) is 35.1. The van der Waals surface area contributed by atoms with Crippen LogP contribution in [0.3, 0.4) is 0 Å². The van der Waals surface area contributed by atoms with Crippen molar-refractivity contribution in [3.8, 4) is 34.5 Å². The first-order valence-corrected chi connectivity index (χ1v) is 37.5. The van der Waals surface area contributed by atoms with E-state index in [1.807, 2.05) is 21.3 Å². The van der Waals surface area contributed by atoms with E-state index in [2.05, 4.69) is 318 Å². The monoisotopic (exact) mass is 1520 g/mol. The lowest BCUT2D eigenvalue weighted by Crippen LogP contribution is -2.17. The Morgan fingerprint density at radius 1 is 0.232 bits per heavy atom. The van der Waals surface area contributed by atoms with Crippen LogP contribution in [0.4, 0.5) is 0 Å². The topological polar surface area (TPSA) is 55.4 Å². The summed E-state index contributed by atoms with van der Waals surface area (Å²) in [5.74, 6) is 5.15. The highest BCUT2D eigenvalue weighted by atomic mass is 79.9. The Labute approximate surface area is 618 Å². The standard InChI is InChI=1S/C90H105Br3O6/c1-85(2,3)70-40-58-34-64-46-73(88(10,11)12)48-66(82(64)97-52-55-22-28-76(91)29-23-55)36-60-42-71(86(4,5)6)44-62(80(60)95-20)38-68-50-75(90(16,17)18)51-69(84(68)99-54-57-26-32-78(93)33-27-57)39-63-45-72(87(7,8)9)43-61(81(63)96-21)37-67-49-74(89(13,14)15)47-65(35-59(41-70)79(58)94-19)83(67)98-53-56-24-30-77(92)31-25-56/h22-33,40-51H,34-39,52-54H2,1-21H3. The van der Waals surface area contributed by atoms with E-state index in [9.17, 15) is 0 Å². The Kier molecular flexibility index (Phi) is 22.4. The third kappa shape index (κ3) is 18.1. The van der Waals surface area contributed by atoms with Crippen molar-refractivity contribution in [1.82, 2.24) is 0 Å². The fourth-order valence-corrected chi connectivity index (χ4v) is 14.3. The van der Waals surface area contributed by atoms with Gasteiger partial charge >= 0.3 is 0 Å². The van der Waals surface area contributed by atoms with Crippen molar-refractivity contribution in [1.29, 1.82) is 0 Å². The summed E-state index contributed by atoms with van der Waals surface area (Å²) in [6, 6.07) is 54.2. The Morgan fingerprint density at radius 3 is 0.505 bits per heavy atom. The zero-order valence-electron chi connectivity index (χ0n) is 62.8. The van der Waals surface area contributed by atoms with Gasteiger partial charge in [-0.15, -0.1) is 0 Å². The molecule has 0 heterocycles. The summed E-state index contributed by atoms with van der Waals surface area (Å²) < 4.78 is 46.0. The molecule has 0 aromatic heterocycles. The molecule has 0 unspecified atom stereocenters. The predicted octanol–water partition coefficient (Wildman–Crippen LogP) is 24.4. The number of methoxy groups -OCH3 is 3. The molecule has 9 aromatic rings. The maximum absolute atomic E-state index is 7.44. The van der Waals surface area contributed by atoms with Gasteiger partial charge in [0.25, 0.3) is 0 Å². The van der Waals surface area contributed by atoms with Gasteiger partial charge in [-0.05, 0) is 186 Å². The van der Waals surface area contributed by atoms with E-state index in [-0.39, 0.29) is 32.5 Å². The van der Waals surface area contributed by atoms with Crippen LogP contribution in [-0.4, -0.2) is 21.3 Å². The molecule has 1 aliphatic carbocycles. The molecule has 0 N–H and O–H groups in total. The van der Waals surface area contributed by atoms with Crippen molar-refractivity contribution < 1.29 is 28.4 Å². The van der Waals surface area contributed by atoms with Crippen molar-refractivity contribution in [2.75, 3.05) is 21.3 Å². The van der Waals surface area contributed by atoms with E-state index >= 15 is 0 Å². The Hall–Kier alpha value is -6.78. The average Bonchev–Trinajstić information content (AvgIpc) is 0.772. The maximum atomic E-state index is 7.44. The Bertz CT molecular complexity index is 3790. The third-order valence-electron chi connectivity index (χ3n) is 19.4. The fraction of sp³-hybridized carbons (Fsp3) is 0.400. The number of rotatable bonds is 12. The summed E-state index contributed by atoms with van der Waals surface area (Å²) in [4.78, 5) is 0. The summed E-state index contributed by atoms with van der Waals surface area (Å²) >= 11 is 11.1. The second-order valence-corrected chi connectivity index (χ2v) is 36.4. The molecule has 0 atom stereocenters. The first-order chi connectivity index (χ1) is 46.4. The second kappa shape index (κ2) is 29.7. The van der Waals surface area contributed by atoms with Gasteiger partial charge in [-0.1, -0.05) is 282 Å². The van der Waals surface area contributed by atoms with Gasteiger partial charge in [-0.2, -0.15) is 0 Å². The van der Waals surface area contributed by atoms with Crippen molar-refractivity contribution in [2.45, 2.75) is 215 Å². The van der Waals surface area contributed by atoms with E-state index < -0.39 is 0 Å². The van der Waals surface area contributed by atoms with Gasteiger partial charge in [0.2, 0.25) is 0 Å². The largest absolute Gasteiger partial charge is 0.496 e. The summed E-state index contributed by atoms with van der Waals surface area (Å²) in [7, 11) is 5.52. The van der Waals surface area contributed by atoms with E-state index in [0.29, 0.717) is 58.3 Å². The van der Waals surface area contributed by atoms with Gasteiger partial charge in [-0.3, -0.25) is 0 Å². The summed E-state index contributed by atoms with van der Waals surface area (Å²) in [6.07, 6.45) is 3.24. The Morgan fingerprint density at radius 2 is 0.374 bits per heavy atom. The lowest BCUT2D eigenvalue weighted by atomic mass is 9.79. The third-order valence-corrected chi connectivity index (χ3v) is 21.0. The van der Waals surface area contributed by atoms with Gasteiger partial charge in [0.15, 0.2) is 0 Å². The molecule has 12 bridgehead atoms. The molecule has 1 aliphatic rings. The summed E-state index contributed by atoms with van der Waals surface area (Å²) in [6.45, 7) is 42.8. The van der Waals surface area contributed by atoms with Crippen molar-refractivity contribution >= 4 is 47.8 Å². The molecule has 6 nitrogen and oxygen atoms in total. The lowest BCUT2D eigenvalue weighted by Gasteiger charge is -2.29. The molecule has 9 aromatic carbocycles. The van der Waals surface area contributed by atoms with Crippen LogP contribution in [0.25, 0.3) is 0 Å². The van der Waals surface area contributed by atoms with Gasteiger partial charge in [0.05, 0.1) is 21.3 Å². The first kappa shape index (κ1) is 74.9. The number of ether oxygens (including phenoxy) is 6. The normalized spacial score (nSPS) is 13.3. The van der Waals surface area contributed by atoms with Crippen LogP contribution in [-0.2, 0) is 90.8 Å². The van der Waals surface area contributed by atoms with Crippen LogP contribution in [0.1, 0.15) is 241 Å². The van der Waals surface area contributed by atoms with Crippen LogP contribution in [0.5, 0.6) is 34.5 Å². The highest BCUT2D eigenvalue weighted by Crippen LogP contribution is 2.47. The quantitative estimate of drug-likeness (QED) is 0.121. The molecule has 0 fully saturated rings. The molecule has 99 heavy (non-hydrogen) atoms. The fourth-order valence-electron chi connectivity index (χ4n) is 13.5. The molecule has 0 radical (unpaired) electrons. The summed E-state index contributed by atoms with van der Waals surface area (Å²) in [5, 5.41) is 0. The SMILES string of the molecule is COc1c2cc(C(C)(C)C)cc1Cc1cc(C(C)(C)C)cc(c1OCc1ccc(Br)cc1)Cc1cc(C(C)(C)C)cc(c1OC)Cc1cc(C(C)(C)C)cc(c1OCc1ccc(Br)cc1)Cc1cc(C(C)(C)C)cc(c1OC)Cc1cc(C(C)(C)C)cc(c1OCc1ccc(Br)cc1)C2. The van der Waals surface area contributed by atoms with E-state index in [1.165, 1.54) is 33.4 Å². The second-order valence-electron chi connectivity index (χ2n) is 33.7. The average molecular weight is 1520 g/mol. The van der Waals surface area contributed by atoms with Gasteiger partial charge in [0.1, 0.15) is 54.3 Å². The van der Waals surface area contributed by atoms with Crippen molar-refractivity contribution in [2.24, 2.45) is 0 Å². The number of hydrogen-bond donors (Lipinski definition) is 0. The molecule has 0 saturated carbocycles. The molecule has 0 aliphatic heterocycles. The van der Waals surface area contributed by atoms with Crippen LogP contribution < -0.4 is 28.4 Å². The number of hydrogen-bond acceptors (Lipinski definition) is 6. The van der Waals surface area contributed by atoms with Gasteiger partial charge < -0.3 is 28.4 Å². The van der Waals surface area contributed by atoms with Gasteiger partial charge in [0, 0.05) is 51.9 Å². The highest BCUT2D eigenvalue weighted by Gasteiger charge is 2.32. The minimum Gasteiger partial charge on any atom is -0.496 e. The van der Waals surface area contributed by atoms with Crippen molar-refractivity contribution in [3.63, 3.8) is 0 Å².